The van der Waals surface area contributed by atoms with Crippen molar-refractivity contribution in [2.45, 2.75) is 53.4 Å². The molecule has 0 aliphatic heterocycles. The fourth-order valence-electron chi connectivity index (χ4n) is 2.26. The quantitative estimate of drug-likeness (QED) is 0.805. The second-order valence-corrected chi connectivity index (χ2v) is 5.32. The van der Waals surface area contributed by atoms with E-state index in [1.165, 1.54) is 0 Å². The molecule has 1 heterocycles. The minimum absolute atomic E-state index is 0.216. The molecule has 0 radical (unpaired) electrons. The van der Waals surface area contributed by atoms with Crippen molar-refractivity contribution in [3.8, 4) is 0 Å². The predicted molar refractivity (Wildman–Crippen MR) is 82.2 cm³/mol. The van der Waals surface area contributed by atoms with Gasteiger partial charge >= 0.3 is 0 Å². The minimum Gasteiger partial charge on any atom is -0.352 e. The van der Waals surface area contributed by atoms with Crippen molar-refractivity contribution in [2.24, 2.45) is 5.92 Å². The van der Waals surface area contributed by atoms with E-state index in [4.69, 9.17) is 0 Å². The van der Waals surface area contributed by atoms with Crippen LogP contribution in [0.15, 0.2) is 10.9 Å². The Bertz CT molecular complexity index is 502. The zero-order valence-corrected chi connectivity index (χ0v) is 13.0. The number of hydrogen-bond acceptors (Lipinski definition) is 2. The molecule has 1 aromatic heterocycles. The van der Waals surface area contributed by atoms with Crippen molar-refractivity contribution in [1.29, 1.82) is 0 Å². The molecule has 0 bridgehead atoms. The molecule has 0 fully saturated rings. The molecule has 0 aromatic carbocycles. The maximum Gasteiger partial charge on any atom is 0.261 e. The van der Waals surface area contributed by atoms with E-state index in [1.54, 1.807) is 6.07 Å². The molecule has 0 spiro atoms. The van der Waals surface area contributed by atoms with E-state index in [2.05, 4.69) is 31.1 Å². The number of pyridine rings is 1. The zero-order chi connectivity index (χ0) is 15.1. The second-order valence-electron chi connectivity index (χ2n) is 5.32. The SMILES string of the molecule is CCCc1[nH]c(=O)c(C(=O)NCC(CC)CC)cc1C. The number of carbonyl (C=O) groups is 1. The summed E-state index contributed by atoms with van der Waals surface area (Å²) in [6.45, 7) is 8.83. The highest BCUT2D eigenvalue weighted by molar-refractivity contribution is 5.94. The molecular formula is C16H26N2O2. The third-order valence-electron chi connectivity index (χ3n) is 3.80. The summed E-state index contributed by atoms with van der Waals surface area (Å²) in [7, 11) is 0. The van der Waals surface area contributed by atoms with Crippen LogP contribution in [-0.2, 0) is 6.42 Å². The number of nitrogens with one attached hydrogen (secondary N) is 2. The molecule has 1 aromatic rings. The molecule has 0 aliphatic rings. The number of rotatable bonds is 7. The lowest BCUT2D eigenvalue weighted by Crippen LogP contribution is -2.33. The van der Waals surface area contributed by atoms with Crippen LogP contribution in [0.5, 0.6) is 0 Å². The molecule has 1 amide bonds. The molecule has 4 heteroatoms. The minimum atomic E-state index is -0.291. The summed E-state index contributed by atoms with van der Waals surface area (Å²) in [5.41, 5.74) is 1.82. The Labute approximate surface area is 121 Å². The third kappa shape index (κ3) is 4.22. The summed E-state index contributed by atoms with van der Waals surface area (Å²) in [4.78, 5) is 26.9. The van der Waals surface area contributed by atoms with Crippen LogP contribution in [0.3, 0.4) is 0 Å². The summed E-state index contributed by atoms with van der Waals surface area (Å²) >= 11 is 0. The smallest absolute Gasteiger partial charge is 0.261 e. The molecule has 0 saturated heterocycles. The summed E-state index contributed by atoms with van der Waals surface area (Å²) in [6.07, 6.45) is 3.86. The number of carbonyl (C=O) groups excluding carboxylic acids is 1. The van der Waals surface area contributed by atoms with Gasteiger partial charge in [-0.2, -0.15) is 0 Å². The molecular weight excluding hydrogens is 252 g/mol. The first-order valence-corrected chi connectivity index (χ1v) is 7.54. The fourth-order valence-corrected chi connectivity index (χ4v) is 2.26. The van der Waals surface area contributed by atoms with Crippen LogP contribution in [0.25, 0.3) is 0 Å². The fraction of sp³-hybridized carbons (Fsp3) is 0.625. The normalized spacial score (nSPS) is 10.8. The molecule has 20 heavy (non-hydrogen) atoms. The van der Waals surface area contributed by atoms with Crippen LogP contribution in [0.4, 0.5) is 0 Å². The first-order valence-electron chi connectivity index (χ1n) is 7.54. The molecule has 112 valence electrons. The summed E-state index contributed by atoms with van der Waals surface area (Å²) in [5.74, 6) is 0.197. The number of aromatic nitrogens is 1. The standard InChI is InChI=1S/C16H26N2O2/c1-5-8-14-11(4)9-13(16(20)18-14)15(19)17-10-12(6-2)7-3/h9,12H,5-8,10H2,1-4H3,(H,17,19)(H,18,20). The van der Waals surface area contributed by atoms with Crippen LogP contribution in [0.1, 0.15) is 61.6 Å². The topological polar surface area (TPSA) is 62.0 Å². The van der Waals surface area contributed by atoms with Gasteiger partial charge in [0.15, 0.2) is 0 Å². The van der Waals surface area contributed by atoms with E-state index < -0.39 is 0 Å². The Morgan fingerprint density at radius 1 is 1.30 bits per heavy atom. The van der Waals surface area contributed by atoms with Crippen molar-refractivity contribution < 1.29 is 4.79 Å². The zero-order valence-electron chi connectivity index (χ0n) is 13.0. The highest BCUT2D eigenvalue weighted by Crippen LogP contribution is 2.08. The highest BCUT2D eigenvalue weighted by atomic mass is 16.2. The van der Waals surface area contributed by atoms with Crippen molar-refractivity contribution in [2.75, 3.05) is 6.54 Å². The Morgan fingerprint density at radius 2 is 1.95 bits per heavy atom. The lowest BCUT2D eigenvalue weighted by atomic mass is 10.0. The number of aromatic amines is 1. The Morgan fingerprint density at radius 3 is 2.50 bits per heavy atom. The molecule has 0 atom stereocenters. The average molecular weight is 278 g/mol. The van der Waals surface area contributed by atoms with E-state index in [9.17, 15) is 9.59 Å². The third-order valence-corrected chi connectivity index (χ3v) is 3.80. The van der Waals surface area contributed by atoms with Crippen LogP contribution >= 0.6 is 0 Å². The van der Waals surface area contributed by atoms with Crippen molar-refractivity contribution in [3.05, 3.63) is 33.2 Å². The van der Waals surface area contributed by atoms with Crippen molar-refractivity contribution >= 4 is 5.91 Å². The molecule has 1 rings (SSSR count). The van der Waals surface area contributed by atoms with Gasteiger partial charge in [0.05, 0.1) is 0 Å². The Hall–Kier alpha value is -1.58. The molecule has 0 unspecified atom stereocenters. The Balaban J connectivity index is 2.83. The van der Waals surface area contributed by atoms with E-state index in [0.717, 1.165) is 36.9 Å². The van der Waals surface area contributed by atoms with Crippen molar-refractivity contribution in [3.63, 3.8) is 0 Å². The molecule has 4 nitrogen and oxygen atoms in total. The molecule has 0 aliphatic carbocycles. The number of aryl methyl sites for hydroxylation is 2. The van der Waals surface area contributed by atoms with Gasteiger partial charge in [-0.05, 0) is 30.9 Å². The Kier molecular flexibility index (Phi) is 6.49. The number of hydrogen-bond donors (Lipinski definition) is 2. The predicted octanol–water partition coefficient (Wildman–Crippen LogP) is 2.80. The van der Waals surface area contributed by atoms with E-state index in [0.29, 0.717) is 12.5 Å². The monoisotopic (exact) mass is 278 g/mol. The van der Waals surface area contributed by atoms with Crippen LogP contribution in [0, 0.1) is 12.8 Å². The maximum atomic E-state index is 12.1. The molecule has 0 saturated carbocycles. The lowest BCUT2D eigenvalue weighted by molar-refractivity contribution is 0.0944. The van der Waals surface area contributed by atoms with Gasteiger partial charge in [0.1, 0.15) is 5.56 Å². The van der Waals surface area contributed by atoms with Gasteiger partial charge in [-0.25, -0.2) is 0 Å². The first-order chi connectivity index (χ1) is 9.53. The van der Waals surface area contributed by atoms with Gasteiger partial charge in [-0.1, -0.05) is 40.0 Å². The largest absolute Gasteiger partial charge is 0.352 e. The van der Waals surface area contributed by atoms with Gasteiger partial charge in [-0.3, -0.25) is 9.59 Å². The van der Waals surface area contributed by atoms with E-state index in [-0.39, 0.29) is 17.0 Å². The van der Waals surface area contributed by atoms with Gasteiger partial charge in [-0.15, -0.1) is 0 Å². The second kappa shape index (κ2) is 7.88. The van der Waals surface area contributed by atoms with Crippen molar-refractivity contribution in [1.82, 2.24) is 10.3 Å². The first kappa shape index (κ1) is 16.5. The lowest BCUT2D eigenvalue weighted by Gasteiger charge is -2.13. The average Bonchev–Trinajstić information content (AvgIpc) is 2.43. The van der Waals surface area contributed by atoms with E-state index >= 15 is 0 Å². The van der Waals surface area contributed by atoms with Gasteiger partial charge < -0.3 is 10.3 Å². The van der Waals surface area contributed by atoms with Crippen LogP contribution in [0.2, 0.25) is 0 Å². The number of amides is 1. The molecule has 2 N–H and O–H groups in total. The van der Waals surface area contributed by atoms with Gasteiger partial charge in [0, 0.05) is 12.2 Å². The van der Waals surface area contributed by atoms with E-state index in [1.807, 2.05) is 6.92 Å². The van der Waals surface area contributed by atoms with Crippen LogP contribution < -0.4 is 10.9 Å². The number of H-pyrrole nitrogens is 1. The van der Waals surface area contributed by atoms with Crippen LogP contribution in [-0.4, -0.2) is 17.4 Å². The summed E-state index contributed by atoms with van der Waals surface area (Å²) < 4.78 is 0. The summed E-state index contributed by atoms with van der Waals surface area (Å²) in [6, 6.07) is 1.70. The maximum absolute atomic E-state index is 12.1. The van der Waals surface area contributed by atoms with Gasteiger partial charge in [0.2, 0.25) is 0 Å². The highest BCUT2D eigenvalue weighted by Gasteiger charge is 2.14. The summed E-state index contributed by atoms with van der Waals surface area (Å²) in [5, 5.41) is 2.86. The van der Waals surface area contributed by atoms with Gasteiger partial charge in [0.25, 0.3) is 11.5 Å².